The molecule has 1 fully saturated rings. The van der Waals surface area contributed by atoms with Crippen molar-refractivity contribution in [3.63, 3.8) is 0 Å². The number of aryl methyl sites for hydroxylation is 1. The third-order valence-electron chi connectivity index (χ3n) is 6.18. The molecule has 0 saturated carbocycles. The number of hydrogen-bond donors (Lipinski definition) is 1. The van der Waals surface area contributed by atoms with Gasteiger partial charge in [-0.25, -0.2) is 0 Å². The van der Waals surface area contributed by atoms with Gasteiger partial charge >= 0.3 is 0 Å². The van der Waals surface area contributed by atoms with E-state index in [1.54, 1.807) is 24.3 Å². The molecule has 6 heteroatoms. The van der Waals surface area contributed by atoms with Gasteiger partial charge in [0.2, 0.25) is 0 Å². The second kappa shape index (κ2) is 9.74. The summed E-state index contributed by atoms with van der Waals surface area (Å²) in [6.45, 7) is 7.86. The zero-order chi connectivity index (χ0) is 24.4. The number of aliphatic hydroxyl groups excluding tert-OH is 1. The Labute approximate surface area is 204 Å². The normalized spacial score (nSPS) is 17.3. The number of anilines is 2. The number of ketones is 1. The molecule has 4 rings (SSSR count). The van der Waals surface area contributed by atoms with Gasteiger partial charge in [0.25, 0.3) is 11.7 Å². The second-order valence-corrected chi connectivity index (χ2v) is 8.72. The van der Waals surface area contributed by atoms with E-state index in [4.69, 9.17) is 11.6 Å². The molecule has 1 amide bonds. The summed E-state index contributed by atoms with van der Waals surface area (Å²) in [4.78, 5) is 30.3. The lowest BCUT2D eigenvalue weighted by Crippen LogP contribution is -2.29. The highest BCUT2D eigenvalue weighted by molar-refractivity contribution is 6.51. The van der Waals surface area contributed by atoms with Crippen molar-refractivity contribution in [2.24, 2.45) is 0 Å². The van der Waals surface area contributed by atoms with E-state index in [1.807, 2.05) is 55.5 Å². The van der Waals surface area contributed by atoms with E-state index < -0.39 is 17.7 Å². The van der Waals surface area contributed by atoms with Crippen molar-refractivity contribution >= 4 is 40.4 Å². The number of rotatable bonds is 6. The molecule has 1 N–H and O–H groups in total. The number of carbonyl (C=O) groups is 2. The molecule has 34 heavy (non-hydrogen) atoms. The van der Waals surface area contributed by atoms with Crippen LogP contribution in [0.1, 0.15) is 36.6 Å². The number of halogens is 1. The molecule has 1 aliphatic rings. The first kappa shape index (κ1) is 23.6. The largest absolute Gasteiger partial charge is 0.507 e. The van der Waals surface area contributed by atoms with Gasteiger partial charge in [-0.3, -0.25) is 14.5 Å². The lowest BCUT2D eigenvalue weighted by Gasteiger charge is -2.27. The van der Waals surface area contributed by atoms with Crippen molar-refractivity contribution in [2.45, 2.75) is 26.8 Å². The number of benzene rings is 3. The summed E-state index contributed by atoms with van der Waals surface area (Å²) in [7, 11) is 0. The molecule has 1 saturated heterocycles. The topological polar surface area (TPSA) is 60.9 Å². The van der Waals surface area contributed by atoms with Crippen LogP contribution in [0.15, 0.2) is 78.4 Å². The Hall–Kier alpha value is -3.57. The summed E-state index contributed by atoms with van der Waals surface area (Å²) in [6, 6.07) is 21.0. The van der Waals surface area contributed by atoms with Gasteiger partial charge in [-0.05, 0) is 74.9 Å². The average Bonchev–Trinajstić information content (AvgIpc) is 3.11. The van der Waals surface area contributed by atoms with Crippen molar-refractivity contribution in [2.75, 3.05) is 22.9 Å². The maximum atomic E-state index is 13.3. The smallest absolute Gasteiger partial charge is 0.300 e. The Bertz CT molecular complexity index is 1250. The van der Waals surface area contributed by atoms with Crippen LogP contribution in [-0.2, 0) is 9.59 Å². The van der Waals surface area contributed by atoms with E-state index in [0.29, 0.717) is 16.3 Å². The highest BCUT2D eigenvalue weighted by atomic mass is 35.5. The number of carbonyl (C=O) groups excluding carboxylic acids is 2. The van der Waals surface area contributed by atoms with Crippen LogP contribution in [0.2, 0.25) is 5.02 Å². The van der Waals surface area contributed by atoms with Crippen LogP contribution >= 0.6 is 11.6 Å². The Morgan fingerprint density at radius 2 is 1.62 bits per heavy atom. The van der Waals surface area contributed by atoms with Crippen LogP contribution in [0.3, 0.4) is 0 Å². The number of Topliss-reactive ketones (excluding diaryl/α,β-unsaturated/α-hetero) is 1. The first-order chi connectivity index (χ1) is 16.3. The summed E-state index contributed by atoms with van der Waals surface area (Å²) in [5.41, 5.74) is 3.87. The Morgan fingerprint density at radius 3 is 2.21 bits per heavy atom. The summed E-state index contributed by atoms with van der Waals surface area (Å²) in [6.07, 6.45) is 0. The predicted molar refractivity (Wildman–Crippen MR) is 137 cm³/mol. The van der Waals surface area contributed by atoms with Gasteiger partial charge in [-0.2, -0.15) is 0 Å². The van der Waals surface area contributed by atoms with Crippen LogP contribution in [0.25, 0.3) is 5.76 Å². The molecule has 0 aliphatic carbocycles. The summed E-state index contributed by atoms with van der Waals surface area (Å²) < 4.78 is 0. The van der Waals surface area contributed by atoms with Gasteiger partial charge in [0.1, 0.15) is 5.76 Å². The third-order valence-corrected chi connectivity index (χ3v) is 6.43. The van der Waals surface area contributed by atoms with Crippen molar-refractivity contribution in [3.05, 3.63) is 100 Å². The number of nitrogens with zero attached hydrogens (tertiary/aromatic N) is 2. The molecule has 3 aromatic rings. The van der Waals surface area contributed by atoms with E-state index in [2.05, 4.69) is 18.7 Å². The van der Waals surface area contributed by atoms with Crippen molar-refractivity contribution in [3.8, 4) is 0 Å². The molecular formula is C28H27ClN2O3. The molecule has 0 bridgehead atoms. The summed E-state index contributed by atoms with van der Waals surface area (Å²) in [5.74, 6) is -1.60. The van der Waals surface area contributed by atoms with Gasteiger partial charge in [0.05, 0.1) is 11.6 Å². The maximum absolute atomic E-state index is 13.3. The molecule has 1 heterocycles. The fraction of sp³-hybridized carbons (Fsp3) is 0.214. The van der Waals surface area contributed by atoms with Crippen LogP contribution < -0.4 is 9.80 Å². The number of amides is 1. The monoisotopic (exact) mass is 474 g/mol. The van der Waals surface area contributed by atoms with Gasteiger partial charge < -0.3 is 10.0 Å². The lowest BCUT2D eigenvalue weighted by atomic mass is 9.94. The lowest BCUT2D eigenvalue weighted by molar-refractivity contribution is -0.132. The van der Waals surface area contributed by atoms with Crippen LogP contribution in [0.4, 0.5) is 11.4 Å². The predicted octanol–water partition coefficient (Wildman–Crippen LogP) is 6.12. The molecule has 174 valence electrons. The number of hydrogen-bond acceptors (Lipinski definition) is 4. The zero-order valence-corrected chi connectivity index (χ0v) is 20.2. The van der Waals surface area contributed by atoms with E-state index in [1.165, 1.54) is 4.90 Å². The number of aliphatic hydroxyl groups is 1. The Kier molecular flexibility index (Phi) is 6.75. The first-order valence-corrected chi connectivity index (χ1v) is 11.7. The Balaban J connectivity index is 1.87. The summed E-state index contributed by atoms with van der Waals surface area (Å²) in [5, 5.41) is 11.7. The van der Waals surface area contributed by atoms with Crippen molar-refractivity contribution < 1.29 is 14.7 Å². The molecule has 0 spiro atoms. The zero-order valence-electron chi connectivity index (χ0n) is 19.5. The van der Waals surface area contributed by atoms with Crippen LogP contribution in [-0.4, -0.2) is 29.9 Å². The third kappa shape index (κ3) is 4.31. The molecule has 1 aliphatic heterocycles. The molecule has 5 nitrogen and oxygen atoms in total. The molecule has 0 radical (unpaired) electrons. The average molecular weight is 475 g/mol. The highest BCUT2D eigenvalue weighted by Gasteiger charge is 2.47. The standard InChI is InChI=1S/C28H27ClN2O3/c1-4-30(5-2)22-13-15-23(16-14-22)31-25(20-8-6-7-18(3)17-20)24(27(33)28(31)34)26(32)19-9-11-21(29)12-10-19/h6-17,25,32H,4-5H2,1-3H3/b26-24-. The van der Waals surface area contributed by atoms with E-state index in [0.717, 1.165) is 29.9 Å². The van der Waals surface area contributed by atoms with E-state index in [-0.39, 0.29) is 11.3 Å². The van der Waals surface area contributed by atoms with E-state index in [9.17, 15) is 14.7 Å². The second-order valence-electron chi connectivity index (χ2n) is 8.28. The molecule has 3 aromatic carbocycles. The summed E-state index contributed by atoms with van der Waals surface area (Å²) >= 11 is 6.00. The SMILES string of the molecule is CCN(CC)c1ccc(N2C(=O)C(=O)/C(=C(\O)c3ccc(Cl)cc3)C2c2cccc(C)c2)cc1. The minimum absolute atomic E-state index is 0.0609. The van der Waals surface area contributed by atoms with Crippen LogP contribution in [0.5, 0.6) is 0 Å². The van der Waals surface area contributed by atoms with Gasteiger partial charge in [0, 0.05) is 35.1 Å². The van der Waals surface area contributed by atoms with Gasteiger partial charge in [0.15, 0.2) is 0 Å². The van der Waals surface area contributed by atoms with Crippen molar-refractivity contribution in [1.29, 1.82) is 0 Å². The fourth-order valence-electron chi connectivity index (χ4n) is 4.43. The van der Waals surface area contributed by atoms with Crippen molar-refractivity contribution in [1.82, 2.24) is 0 Å². The first-order valence-electron chi connectivity index (χ1n) is 11.3. The van der Waals surface area contributed by atoms with Crippen LogP contribution in [0, 0.1) is 6.92 Å². The highest BCUT2D eigenvalue weighted by Crippen LogP contribution is 2.42. The molecule has 0 aromatic heterocycles. The molecule has 1 unspecified atom stereocenters. The van der Waals surface area contributed by atoms with Gasteiger partial charge in [-0.1, -0.05) is 41.4 Å². The minimum atomic E-state index is -0.755. The molecule has 1 atom stereocenters. The minimum Gasteiger partial charge on any atom is -0.507 e. The maximum Gasteiger partial charge on any atom is 0.300 e. The Morgan fingerprint density at radius 1 is 0.971 bits per heavy atom. The molecular weight excluding hydrogens is 448 g/mol. The van der Waals surface area contributed by atoms with Gasteiger partial charge in [-0.15, -0.1) is 0 Å². The van der Waals surface area contributed by atoms with E-state index >= 15 is 0 Å². The quantitative estimate of drug-likeness (QED) is 0.265. The fourth-order valence-corrected chi connectivity index (χ4v) is 4.56.